The number of carbonyl (C=O) groups excluding carboxylic acids is 1. The van der Waals surface area contributed by atoms with Crippen LogP contribution in [-0.4, -0.2) is 22.3 Å². The van der Waals surface area contributed by atoms with E-state index in [1.165, 1.54) is 31.2 Å². The van der Waals surface area contributed by atoms with E-state index in [-0.39, 0.29) is 39.1 Å². The van der Waals surface area contributed by atoms with Gasteiger partial charge < -0.3 is 14.9 Å². The third-order valence-corrected chi connectivity index (χ3v) is 15.7. The van der Waals surface area contributed by atoms with Crippen molar-refractivity contribution in [3.05, 3.63) is 53.3 Å². The van der Waals surface area contributed by atoms with Crippen LogP contribution in [-0.2, 0) is 11.3 Å². The number of allylic oxidation sites excluding steroid dienone is 2. The number of aliphatic hydroxyl groups excluding tert-OH is 1. The van der Waals surface area contributed by atoms with Gasteiger partial charge in [-0.3, -0.25) is 4.79 Å². The Bertz CT molecular complexity index is 1540. The van der Waals surface area contributed by atoms with Crippen LogP contribution in [0.25, 0.3) is 11.3 Å². The van der Waals surface area contributed by atoms with E-state index in [9.17, 15) is 9.90 Å². The quantitative estimate of drug-likeness (QED) is 0.332. The lowest BCUT2D eigenvalue weighted by atomic mass is 9.33. The van der Waals surface area contributed by atoms with Crippen LogP contribution in [0.15, 0.2) is 46.5 Å². The van der Waals surface area contributed by atoms with Crippen molar-refractivity contribution in [2.45, 2.75) is 132 Å². The molecule has 46 heavy (non-hydrogen) atoms. The first kappa shape index (κ1) is 32.2. The molecule has 1 aromatic heterocycles. The van der Waals surface area contributed by atoms with Crippen LogP contribution in [0.1, 0.15) is 124 Å². The van der Waals surface area contributed by atoms with E-state index in [4.69, 9.17) is 4.52 Å². The van der Waals surface area contributed by atoms with Gasteiger partial charge in [0, 0.05) is 17.0 Å². The van der Waals surface area contributed by atoms with Gasteiger partial charge in [-0.15, -0.1) is 0 Å². The average molecular weight is 627 g/mol. The number of fused-ring (bicyclic) bond motifs is 7. The summed E-state index contributed by atoms with van der Waals surface area (Å²) in [4.78, 5) is 14.0. The van der Waals surface area contributed by atoms with Gasteiger partial charge in [-0.05, 0) is 116 Å². The van der Waals surface area contributed by atoms with Crippen LogP contribution in [0.2, 0.25) is 0 Å². The first-order valence-corrected chi connectivity index (χ1v) is 18.3. The normalized spacial score (nSPS) is 42.9. The molecule has 5 aliphatic carbocycles. The fourth-order valence-corrected chi connectivity index (χ4v) is 12.2. The molecule has 2 N–H and O–H groups in total. The molecule has 1 aromatic carbocycles. The maximum absolute atomic E-state index is 14.0. The second kappa shape index (κ2) is 10.5. The number of aliphatic hydroxyl groups is 1. The molecule has 250 valence electrons. The van der Waals surface area contributed by atoms with Crippen molar-refractivity contribution in [2.75, 3.05) is 0 Å². The first-order valence-electron chi connectivity index (χ1n) is 18.3. The summed E-state index contributed by atoms with van der Waals surface area (Å²) in [6.07, 6.45) is 13.6. The lowest BCUT2D eigenvalue weighted by Gasteiger charge is -2.71. The van der Waals surface area contributed by atoms with Gasteiger partial charge in [-0.2, -0.15) is 0 Å². The summed E-state index contributed by atoms with van der Waals surface area (Å²) in [6.45, 7) is 19.7. The van der Waals surface area contributed by atoms with Crippen LogP contribution in [0.5, 0.6) is 0 Å². The number of aromatic nitrogens is 1. The molecule has 9 atom stereocenters. The van der Waals surface area contributed by atoms with Crippen molar-refractivity contribution >= 4 is 5.91 Å². The number of amides is 1. The molecule has 5 nitrogen and oxygen atoms in total. The van der Waals surface area contributed by atoms with Crippen molar-refractivity contribution in [1.82, 2.24) is 10.5 Å². The first-order chi connectivity index (χ1) is 21.6. The molecule has 1 heterocycles. The van der Waals surface area contributed by atoms with Crippen LogP contribution in [0.3, 0.4) is 0 Å². The molecule has 5 heteroatoms. The number of benzene rings is 1. The van der Waals surface area contributed by atoms with Gasteiger partial charge in [0.05, 0.1) is 12.6 Å². The Morgan fingerprint density at radius 3 is 2.39 bits per heavy atom. The van der Waals surface area contributed by atoms with Crippen molar-refractivity contribution in [3.63, 3.8) is 0 Å². The molecule has 1 amide bonds. The molecule has 2 unspecified atom stereocenters. The summed E-state index contributed by atoms with van der Waals surface area (Å²) in [7, 11) is 0. The SMILES string of the molecule is Cc1ccc(-c2cc(CNC(=O)[C@@]3(C)CC[C@]4(C)CC[C@@]5(C)C(=CCC6[C@@]7(C)CC[C@H](O)C(C)(C)C7CC[C@]65C)[C@@H]4C3)on2)cc1. The van der Waals surface area contributed by atoms with Gasteiger partial charge in [0.1, 0.15) is 5.69 Å². The van der Waals surface area contributed by atoms with Crippen molar-refractivity contribution in [2.24, 2.45) is 50.2 Å². The van der Waals surface area contributed by atoms with E-state index in [2.05, 4.69) is 96.2 Å². The lowest BCUT2D eigenvalue weighted by molar-refractivity contribution is -0.203. The van der Waals surface area contributed by atoms with E-state index < -0.39 is 5.41 Å². The minimum Gasteiger partial charge on any atom is -0.393 e. The Balaban J connectivity index is 1.11. The largest absolute Gasteiger partial charge is 0.393 e. The topological polar surface area (TPSA) is 75.4 Å². The van der Waals surface area contributed by atoms with Gasteiger partial charge >= 0.3 is 0 Å². The molecule has 0 spiro atoms. The van der Waals surface area contributed by atoms with Crippen molar-refractivity contribution in [1.29, 1.82) is 0 Å². The Hall–Kier alpha value is -2.40. The Kier molecular flexibility index (Phi) is 7.38. The zero-order valence-electron chi connectivity index (χ0n) is 29.8. The Morgan fingerprint density at radius 1 is 0.935 bits per heavy atom. The second-order valence-electron chi connectivity index (χ2n) is 18.4. The Labute approximate surface area is 277 Å². The highest BCUT2D eigenvalue weighted by molar-refractivity contribution is 5.82. The van der Waals surface area contributed by atoms with Crippen LogP contribution >= 0.6 is 0 Å². The molecule has 0 bridgehead atoms. The number of hydrogen-bond acceptors (Lipinski definition) is 4. The summed E-state index contributed by atoms with van der Waals surface area (Å²) in [5.41, 5.74) is 5.16. The second-order valence-corrected chi connectivity index (χ2v) is 18.4. The summed E-state index contributed by atoms with van der Waals surface area (Å²) < 4.78 is 5.64. The molecule has 0 radical (unpaired) electrons. The van der Waals surface area contributed by atoms with Gasteiger partial charge in [0.25, 0.3) is 0 Å². The van der Waals surface area contributed by atoms with Gasteiger partial charge in [-0.1, -0.05) is 95.1 Å². The number of nitrogens with one attached hydrogen (secondary N) is 1. The lowest BCUT2D eigenvalue weighted by Crippen LogP contribution is -2.64. The van der Waals surface area contributed by atoms with E-state index in [0.717, 1.165) is 49.8 Å². The van der Waals surface area contributed by atoms with Gasteiger partial charge in [0.2, 0.25) is 5.91 Å². The Morgan fingerprint density at radius 2 is 1.65 bits per heavy atom. The smallest absolute Gasteiger partial charge is 0.226 e. The number of nitrogens with zero attached hydrogens (tertiary/aromatic N) is 1. The zero-order valence-corrected chi connectivity index (χ0v) is 29.8. The predicted octanol–water partition coefficient (Wildman–Crippen LogP) is 9.43. The molecule has 7 rings (SSSR count). The van der Waals surface area contributed by atoms with Gasteiger partial charge in [0.15, 0.2) is 5.76 Å². The molecular formula is C41H58N2O3. The minimum absolute atomic E-state index is 0.0309. The maximum Gasteiger partial charge on any atom is 0.226 e. The third-order valence-electron chi connectivity index (χ3n) is 15.7. The van der Waals surface area contributed by atoms with Crippen LogP contribution < -0.4 is 5.32 Å². The minimum atomic E-state index is -0.409. The molecule has 2 aromatic rings. The maximum atomic E-state index is 14.0. The van der Waals surface area contributed by atoms with Crippen molar-refractivity contribution in [3.8, 4) is 11.3 Å². The molecule has 0 saturated heterocycles. The predicted molar refractivity (Wildman–Crippen MR) is 184 cm³/mol. The highest BCUT2D eigenvalue weighted by Gasteiger charge is 2.68. The van der Waals surface area contributed by atoms with E-state index in [0.29, 0.717) is 30.1 Å². The number of hydrogen-bond donors (Lipinski definition) is 2. The van der Waals surface area contributed by atoms with E-state index >= 15 is 0 Å². The van der Waals surface area contributed by atoms with E-state index in [1.54, 1.807) is 5.57 Å². The van der Waals surface area contributed by atoms with Crippen LogP contribution in [0, 0.1) is 57.2 Å². The molecule has 0 aliphatic heterocycles. The average Bonchev–Trinajstić information content (AvgIpc) is 3.49. The summed E-state index contributed by atoms with van der Waals surface area (Å²) in [5.74, 6) is 2.46. The van der Waals surface area contributed by atoms with E-state index in [1.807, 2.05) is 6.07 Å². The summed E-state index contributed by atoms with van der Waals surface area (Å²) >= 11 is 0. The highest BCUT2D eigenvalue weighted by Crippen LogP contribution is 2.75. The number of carbonyl (C=O) groups is 1. The summed E-state index contributed by atoms with van der Waals surface area (Å²) in [5, 5.41) is 18.6. The monoisotopic (exact) mass is 626 g/mol. The molecular weight excluding hydrogens is 568 g/mol. The molecule has 4 saturated carbocycles. The number of rotatable bonds is 4. The van der Waals surface area contributed by atoms with Crippen molar-refractivity contribution < 1.29 is 14.4 Å². The van der Waals surface area contributed by atoms with Gasteiger partial charge in [-0.25, -0.2) is 0 Å². The molecule has 5 aliphatic rings. The fourth-order valence-electron chi connectivity index (χ4n) is 12.2. The standard InChI is InChI=1S/C41H58N2O3/c1-26-9-11-27(12-10-26)31-23-28(46-43-31)25-42-35(45)38(5)20-19-37(4)21-22-40(7)29(30(37)24-38)13-14-33-39(6)17-16-34(44)36(2,3)32(39)15-18-41(33,40)8/h9-13,23,30,32-34,44H,14-22,24-25H2,1-8H3,(H,42,45)/t30-,32?,33?,34-,37+,38-,39-,40-,41+/m0/s1. The summed E-state index contributed by atoms with van der Waals surface area (Å²) in [6, 6.07) is 10.2. The molecule has 4 fully saturated rings. The third kappa shape index (κ3) is 4.56. The number of aryl methyl sites for hydroxylation is 1. The fraction of sp³-hybridized carbons (Fsp3) is 0.707. The zero-order chi connectivity index (χ0) is 32.9. The highest BCUT2D eigenvalue weighted by atomic mass is 16.5. The van der Waals surface area contributed by atoms with Crippen LogP contribution in [0.4, 0.5) is 0 Å².